The number of nitrogens with one attached hydrogen (secondary N) is 1. The Morgan fingerprint density at radius 2 is 1.97 bits per heavy atom. The molecule has 4 heterocycles. The van der Waals surface area contributed by atoms with Gasteiger partial charge in [0, 0.05) is 19.8 Å². The number of fused-ring (bicyclic) bond motifs is 1. The molecule has 1 fully saturated rings. The van der Waals surface area contributed by atoms with Crippen molar-refractivity contribution in [1.82, 2.24) is 19.4 Å². The number of hydrogen-bond donors (Lipinski definition) is 1. The van der Waals surface area contributed by atoms with Crippen LogP contribution in [0.3, 0.4) is 0 Å². The number of nitrogens with zero attached hydrogens (tertiary/aromatic N) is 3. The van der Waals surface area contributed by atoms with Crippen LogP contribution in [0.5, 0.6) is 5.75 Å². The number of hydrogen-bond acceptors (Lipinski definition) is 4. The van der Waals surface area contributed by atoms with Crippen LogP contribution in [0, 0.1) is 5.92 Å². The highest BCUT2D eigenvalue weighted by molar-refractivity contribution is 7.17. The van der Waals surface area contributed by atoms with E-state index in [0.717, 1.165) is 62.8 Å². The Hall–Kier alpha value is -2.57. The number of ether oxygens (including phenoxy) is 1. The van der Waals surface area contributed by atoms with Gasteiger partial charge in [0.25, 0.3) is 0 Å². The molecule has 5 nitrogen and oxygen atoms in total. The van der Waals surface area contributed by atoms with E-state index in [1.165, 1.54) is 34.3 Å². The highest BCUT2D eigenvalue weighted by Crippen LogP contribution is 2.30. The molecule has 1 aliphatic rings. The Bertz CT molecular complexity index is 1180. The second-order valence-corrected chi connectivity index (χ2v) is 10.1. The number of piperidine rings is 1. The monoisotopic (exact) mass is 462 g/mol. The molecule has 0 aliphatic carbocycles. The average Bonchev–Trinajstić information content (AvgIpc) is 3.55. The van der Waals surface area contributed by atoms with E-state index < -0.39 is 0 Å². The van der Waals surface area contributed by atoms with E-state index in [-0.39, 0.29) is 0 Å². The fourth-order valence-electron chi connectivity index (χ4n) is 4.75. The fourth-order valence-corrected chi connectivity index (χ4v) is 5.60. The zero-order valence-electron chi connectivity index (χ0n) is 19.7. The van der Waals surface area contributed by atoms with Gasteiger partial charge in [-0.2, -0.15) is 0 Å². The molecule has 0 amide bonds. The summed E-state index contributed by atoms with van der Waals surface area (Å²) in [5.41, 5.74) is 5.00. The molecule has 1 N–H and O–H groups in total. The number of imidazole rings is 1. The summed E-state index contributed by atoms with van der Waals surface area (Å²) in [6.45, 7) is 6.21. The SMILES string of the molecule is CCc1cn(CCCc2ccc(OCC3CCNCC3)cc2)c(-c2cc3sccc3n2C)n1. The third-order valence-corrected chi connectivity index (χ3v) is 7.67. The molecule has 0 saturated carbocycles. The van der Waals surface area contributed by atoms with Gasteiger partial charge in [-0.05, 0) is 86.3 Å². The summed E-state index contributed by atoms with van der Waals surface area (Å²) in [7, 11) is 2.14. The van der Waals surface area contributed by atoms with Crippen molar-refractivity contribution in [3.05, 3.63) is 59.2 Å². The normalized spacial score (nSPS) is 14.8. The minimum absolute atomic E-state index is 0.684. The average molecular weight is 463 g/mol. The van der Waals surface area contributed by atoms with Gasteiger partial charge in [0.2, 0.25) is 0 Å². The molecule has 1 saturated heterocycles. The summed E-state index contributed by atoms with van der Waals surface area (Å²) in [6, 6.07) is 13.2. The molecular formula is C27H34N4OS. The molecule has 0 spiro atoms. The molecule has 0 unspecified atom stereocenters. The molecule has 0 radical (unpaired) electrons. The number of rotatable bonds is 9. The van der Waals surface area contributed by atoms with Crippen LogP contribution < -0.4 is 10.1 Å². The summed E-state index contributed by atoms with van der Waals surface area (Å²) >= 11 is 1.79. The van der Waals surface area contributed by atoms with E-state index in [9.17, 15) is 0 Å². The molecule has 0 atom stereocenters. The lowest BCUT2D eigenvalue weighted by atomic mass is 9.99. The summed E-state index contributed by atoms with van der Waals surface area (Å²) in [4.78, 5) is 4.96. The highest BCUT2D eigenvalue weighted by atomic mass is 32.1. The van der Waals surface area contributed by atoms with Gasteiger partial charge in [-0.25, -0.2) is 4.98 Å². The van der Waals surface area contributed by atoms with Crippen LogP contribution in [-0.2, 0) is 26.4 Å². The highest BCUT2D eigenvalue weighted by Gasteiger charge is 2.16. The molecule has 1 aromatic carbocycles. The van der Waals surface area contributed by atoms with Gasteiger partial charge in [0.15, 0.2) is 5.82 Å². The van der Waals surface area contributed by atoms with E-state index in [4.69, 9.17) is 9.72 Å². The third-order valence-electron chi connectivity index (χ3n) is 6.81. The van der Waals surface area contributed by atoms with Crippen LogP contribution in [0.25, 0.3) is 21.7 Å². The predicted octanol–water partition coefficient (Wildman–Crippen LogP) is 5.68. The van der Waals surface area contributed by atoms with Crippen molar-refractivity contribution in [1.29, 1.82) is 0 Å². The van der Waals surface area contributed by atoms with Crippen LogP contribution >= 0.6 is 11.3 Å². The van der Waals surface area contributed by atoms with E-state index in [1.54, 1.807) is 11.3 Å². The summed E-state index contributed by atoms with van der Waals surface area (Å²) in [6.07, 6.45) is 7.76. The summed E-state index contributed by atoms with van der Waals surface area (Å²) in [5.74, 6) is 2.76. The first-order chi connectivity index (χ1) is 16.2. The molecule has 3 aromatic heterocycles. The maximum absolute atomic E-state index is 6.04. The maximum Gasteiger partial charge on any atom is 0.156 e. The zero-order chi connectivity index (χ0) is 22.6. The fraction of sp³-hybridized carbons (Fsp3) is 0.444. The Balaban J connectivity index is 1.20. The Morgan fingerprint density at radius 3 is 2.73 bits per heavy atom. The lowest BCUT2D eigenvalue weighted by molar-refractivity contribution is 0.215. The van der Waals surface area contributed by atoms with Crippen molar-refractivity contribution in [2.75, 3.05) is 19.7 Å². The minimum Gasteiger partial charge on any atom is -0.493 e. The number of thiophene rings is 1. The van der Waals surface area contributed by atoms with Gasteiger partial charge >= 0.3 is 0 Å². The van der Waals surface area contributed by atoms with Gasteiger partial charge in [0.1, 0.15) is 5.75 Å². The summed E-state index contributed by atoms with van der Waals surface area (Å²) in [5, 5.41) is 5.57. The minimum atomic E-state index is 0.684. The lowest BCUT2D eigenvalue weighted by Crippen LogP contribution is -2.30. The first-order valence-corrected chi connectivity index (χ1v) is 13.1. The van der Waals surface area contributed by atoms with E-state index in [2.05, 4.69) is 76.4 Å². The molecule has 6 heteroatoms. The first-order valence-electron chi connectivity index (χ1n) is 12.2. The lowest BCUT2D eigenvalue weighted by Gasteiger charge is -2.22. The predicted molar refractivity (Wildman–Crippen MR) is 137 cm³/mol. The molecule has 5 rings (SSSR count). The van der Waals surface area contributed by atoms with Crippen molar-refractivity contribution < 1.29 is 4.74 Å². The zero-order valence-corrected chi connectivity index (χ0v) is 20.5. The summed E-state index contributed by atoms with van der Waals surface area (Å²) < 4.78 is 12.0. The molecule has 4 aromatic rings. The van der Waals surface area contributed by atoms with Gasteiger partial charge < -0.3 is 19.2 Å². The van der Waals surface area contributed by atoms with E-state index in [0.29, 0.717) is 5.92 Å². The maximum atomic E-state index is 6.04. The Kier molecular flexibility index (Phi) is 6.83. The largest absolute Gasteiger partial charge is 0.493 e. The molecule has 1 aliphatic heterocycles. The van der Waals surface area contributed by atoms with Gasteiger partial charge in [-0.1, -0.05) is 19.1 Å². The molecular weight excluding hydrogens is 428 g/mol. The van der Waals surface area contributed by atoms with Crippen LogP contribution in [-0.4, -0.2) is 33.8 Å². The standard InChI is InChI=1S/C27H34N4OS/c1-3-22-18-31(27(29-22)25-17-26-24(30(25)2)12-16-33-26)15-4-5-20-6-8-23(9-7-20)32-19-21-10-13-28-14-11-21/h6-9,12,16-18,21,28H,3-5,10-11,13-15,19H2,1-2H3. The van der Waals surface area contributed by atoms with Crippen molar-refractivity contribution in [3.8, 4) is 17.3 Å². The molecule has 33 heavy (non-hydrogen) atoms. The van der Waals surface area contributed by atoms with Crippen molar-refractivity contribution in [3.63, 3.8) is 0 Å². The van der Waals surface area contributed by atoms with E-state index >= 15 is 0 Å². The Morgan fingerprint density at radius 1 is 1.15 bits per heavy atom. The van der Waals surface area contributed by atoms with Crippen LogP contribution in [0.4, 0.5) is 0 Å². The van der Waals surface area contributed by atoms with Gasteiger partial charge in [-0.3, -0.25) is 0 Å². The van der Waals surface area contributed by atoms with Crippen LogP contribution in [0.2, 0.25) is 0 Å². The number of aryl methyl sites for hydroxylation is 4. The smallest absolute Gasteiger partial charge is 0.156 e. The quantitative estimate of drug-likeness (QED) is 0.348. The molecule has 174 valence electrons. The number of aromatic nitrogens is 3. The van der Waals surface area contributed by atoms with E-state index in [1.807, 2.05) is 0 Å². The van der Waals surface area contributed by atoms with Crippen molar-refractivity contribution in [2.45, 2.75) is 45.6 Å². The van der Waals surface area contributed by atoms with Crippen molar-refractivity contribution in [2.24, 2.45) is 13.0 Å². The first kappa shape index (κ1) is 22.2. The number of benzene rings is 1. The second-order valence-electron chi connectivity index (χ2n) is 9.11. The van der Waals surface area contributed by atoms with Crippen LogP contribution in [0.15, 0.2) is 48.0 Å². The van der Waals surface area contributed by atoms with Crippen molar-refractivity contribution >= 4 is 21.6 Å². The van der Waals surface area contributed by atoms with Gasteiger partial charge in [-0.15, -0.1) is 11.3 Å². The van der Waals surface area contributed by atoms with Crippen LogP contribution in [0.1, 0.15) is 37.4 Å². The third kappa shape index (κ3) is 5.02. The topological polar surface area (TPSA) is 44.0 Å². The van der Waals surface area contributed by atoms with Gasteiger partial charge in [0.05, 0.1) is 28.2 Å². The molecule has 0 bridgehead atoms. The second kappa shape index (κ2) is 10.1. The Labute approximate surface area is 200 Å².